The molecule has 1 aliphatic rings. The normalized spacial score (nSPS) is 18.4. The number of anilines is 1. The van der Waals surface area contributed by atoms with Crippen LogP contribution in [-0.4, -0.2) is 0 Å². The molecule has 0 aliphatic heterocycles. The highest BCUT2D eigenvalue weighted by Crippen LogP contribution is 2.37. The van der Waals surface area contributed by atoms with Gasteiger partial charge >= 0.3 is 0 Å². The molecule has 1 fully saturated rings. The molecule has 0 atom stereocenters. The first kappa shape index (κ1) is 9.85. The van der Waals surface area contributed by atoms with Crippen LogP contribution in [0.4, 0.5) is 5.69 Å². The Hall–Kier alpha value is -0.690. The summed E-state index contributed by atoms with van der Waals surface area (Å²) in [5.74, 6) is 0.639. The second-order valence-corrected chi connectivity index (χ2v) is 4.46. The van der Waals surface area contributed by atoms with Gasteiger partial charge in [0.25, 0.3) is 0 Å². The van der Waals surface area contributed by atoms with Gasteiger partial charge in [-0.3, -0.25) is 0 Å². The Bertz CT molecular complexity index is 316. The average Bonchev–Trinajstić information content (AvgIpc) is 2.23. The summed E-state index contributed by atoms with van der Waals surface area (Å²) in [6.07, 6.45) is 6.56. The molecule has 0 bridgehead atoms. The molecule has 1 aromatic rings. The zero-order chi connectivity index (χ0) is 9.97. The van der Waals surface area contributed by atoms with Crippen LogP contribution in [0.25, 0.3) is 0 Å². The fourth-order valence-electron chi connectivity index (χ4n) is 2.30. The van der Waals surface area contributed by atoms with Crippen LogP contribution in [0, 0.1) is 0 Å². The van der Waals surface area contributed by atoms with Gasteiger partial charge in [0.1, 0.15) is 0 Å². The standard InChI is InChI=1S/C12H16ClN/c13-12-10(7-4-8-11(12)14)9-5-2-1-3-6-9/h4,7-9H,1-3,5-6,14H2. The van der Waals surface area contributed by atoms with Crippen LogP contribution in [0.1, 0.15) is 43.6 Å². The quantitative estimate of drug-likeness (QED) is 0.696. The monoisotopic (exact) mass is 209 g/mol. The maximum absolute atomic E-state index is 6.20. The molecule has 76 valence electrons. The fraction of sp³-hybridized carbons (Fsp3) is 0.500. The van der Waals surface area contributed by atoms with Gasteiger partial charge < -0.3 is 5.73 Å². The molecule has 0 unspecified atom stereocenters. The molecular formula is C12H16ClN. The Balaban J connectivity index is 2.26. The predicted octanol–water partition coefficient (Wildman–Crippen LogP) is 3.97. The van der Waals surface area contributed by atoms with Crippen molar-refractivity contribution in [2.24, 2.45) is 0 Å². The van der Waals surface area contributed by atoms with Crippen molar-refractivity contribution in [2.45, 2.75) is 38.0 Å². The summed E-state index contributed by atoms with van der Waals surface area (Å²) in [6.45, 7) is 0. The van der Waals surface area contributed by atoms with E-state index >= 15 is 0 Å². The summed E-state index contributed by atoms with van der Waals surface area (Å²) in [6, 6.07) is 5.99. The van der Waals surface area contributed by atoms with Crippen LogP contribution in [0.3, 0.4) is 0 Å². The number of hydrogen-bond acceptors (Lipinski definition) is 1. The van der Waals surface area contributed by atoms with Gasteiger partial charge in [0.2, 0.25) is 0 Å². The molecule has 14 heavy (non-hydrogen) atoms. The van der Waals surface area contributed by atoms with Crippen LogP contribution in [0.5, 0.6) is 0 Å². The van der Waals surface area contributed by atoms with Crippen molar-refractivity contribution in [1.82, 2.24) is 0 Å². The van der Waals surface area contributed by atoms with Crippen LogP contribution < -0.4 is 5.73 Å². The van der Waals surface area contributed by atoms with E-state index in [1.54, 1.807) is 0 Å². The molecule has 2 rings (SSSR count). The predicted molar refractivity (Wildman–Crippen MR) is 61.7 cm³/mol. The summed E-state index contributed by atoms with van der Waals surface area (Å²) in [4.78, 5) is 0. The molecule has 2 heteroatoms. The summed E-state index contributed by atoms with van der Waals surface area (Å²) in [5, 5.41) is 0.777. The third-order valence-corrected chi connectivity index (χ3v) is 3.54. The van der Waals surface area contributed by atoms with E-state index in [1.807, 2.05) is 12.1 Å². The molecule has 2 N–H and O–H groups in total. The molecule has 0 heterocycles. The van der Waals surface area contributed by atoms with E-state index in [2.05, 4.69) is 6.07 Å². The van der Waals surface area contributed by atoms with Gasteiger partial charge in [0, 0.05) is 0 Å². The van der Waals surface area contributed by atoms with Crippen LogP contribution in [-0.2, 0) is 0 Å². The molecule has 0 saturated heterocycles. The first-order chi connectivity index (χ1) is 6.79. The van der Waals surface area contributed by atoms with Gasteiger partial charge in [-0.05, 0) is 30.4 Å². The van der Waals surface area contributed by atoms with Gasteiger partial charge in [-0.2, -0.15) is 0 Å². The summed E-state index contributed by atoms with van der Waals surface area (Å²) >= 11 is 6.20. The highest BCUT2D eigenvalue weighted by atomic mass is 35.5. The van der Waals surface area contributed by atoms with E-state index < -0.39 is 0 Å². The number of nitrogen functional groups attached to an aromatic ring is 1. The lowest BCUT2D eigenvalue weighted by molar-refractivity contribution is 0.444. The van der Waals surface area contributed by atoms with Gasteiger partial charge in [-0.1, -0.05) is 43.0 Å². The lowest BCUT2D eigenvalue weighted by atomic mass is 9.84. The summed E-state index contributed by atoms with van der Waals surface area (Å²) < 4.78 is 0. The van der Waals surface area contributed by atoms with E-state index in [-0.39, 0.29) is 0 Å². The minimum Gasteiger partial charge on any atom is -0.398 e. The Morgan fingerprint density at radius 2 is 1.86 bits per heavy atom. The van der Waals surface area contributed by atoms with Crippen LogP contribution in [0.2, 0.25) is 5.02 Å². The highest BCUT2D eigenvalue weighted by molar-refractivity contribution is 6.33. The van der Waals surface area contributed by atoms with Crippen molar-refractivity contribution in [2.75, 3.05) is 5.73 Å². The maximum Gasteiger partial charge on any atom is 0.0670 e. The third kappa shape index (κ3) is 1.88. The van der Waals surface area contributed by atoms with Crippen molar-refractivity contribution < 1.29 is 0 Å². The lowest BCUT2D eigenvalue weighted by Crippen LogP contribution is -2.05. The van der Waals surface area contributed by atoms with Gasteiger partial charge in [0.15, 0.2) is 0 Å². The summed E-state index contributed by atoms with van der Waals surface area (Å²) in [5.41, 5.74) is 7.77. The minimum atomic E-state index is 0.639. The Morgan fingerprint density at radius 3 is 2.57 bits per heavy atom. The third-order valence-electron chi connectivity index (χ3n) is 3.10. The number of hydrogen-bond donors (Lipinski definition) is 1. The average molecular weight is 210 g/mol. The van der Waals surface area contributed by atoms with E-state index in [9.17, 15) is 0 Å². The van der Waals surface area contributed by atoms with Gasteiger partial charge in [-0.15, -0.1) is 0 Å². The Morgan fingerprint density at radius 1 is 1.14 bits per heavy atom. The maximum atomic E-state index is 6.20. The number of rotatable bonds is 1. The second-order valence-electron chi connectivity index (χ2n) is 4.09. The fourth-order valence-corrected chi connectivity index (χ4v) is 2.58. The van der Waals surface area contributed by atoms with Crippen LogP contribution in [0.15, 0.2) is 18.2 Å². The van der Waals surface area contributed by atoms with Crippen molar-refractivity contribution in [3.8, 4) is 0 Å². The smallest absolute Gasteiger partial charge is 0.0670 e. The SMILES string of the molecule is Nc1cccc(C2CCCCC2)c1Cl. The first-order valence-electron chi connectivity index (χ1n) is 5.33. The van der Waals surface area contributed by atoms with E-state index in [4.69, 9.17) is 17.3 Å². The molecule has 0 amide bonds. The second kappa shape index (κ2) is 4.22. The van der Waals surface area contributed by atoms with E-state index in [0.717, 1.165) is 10.7 Å². The van der Waals surface area contributed by atoms with Crippen molar-refractivity contribution in [1.29, 1.82) is 0 Å². The summed E-state index contributed by atoms with van der Waals surface area (Å²) in [7, 11) is 0. The number of benzene rings is 1. The zero-order valence-corrected chi connectivity index (χ0v) is 9.06. The van der Waals surface area contributed by atoms with E-state index in [1.165, 1.54) is 37.7 Å². The van der Waals surface area contributed by atoms with Crippen molar-refractivity contribution in [3.63, 3.8) is 0 Å². The topological polar surface area (TPSA) is 26.0 Å². The molecular weight excluding hydrogens is 194 g/mol. The van der Waals surface area contributed by atoms with Crippen molar-refractivity contribution in [3.05, 3.63) is 28.8 Å². The lowest BCUT2D eigenvalue weighted by Gasteiger charge is -2.23. The highest BCUT2D eigenvalue weighted by Gasteiger charge is 2.18. The first-order valence-corrected chi connectivity index (χ1v) is 5.70. The van der Waals surface area contributed by atoms with Crippen LogP contribution >= 0.6 is 11.6 Å². The zero-order valence-electron chi connectivity index (χ0n) is 8.30. The Kier molecular flexibility index (Phi) is 2.97. The molecule has 0 spiro atoms. The van der Waals surface area contributed by atoms with E-state index in [0.29, 0.717) is 5.92 Å². The molecule has 1 nitrogen and oxygen atoms in total. The number of nitrogens with two attached hydrogens (primary N) is 1. The molecule has 1 saturated carbocycles. The number of halogens is 1. The molecule has 0 radical (unpaired) electrons. The van der Waals surface area contributed by atoms with Gasteiger partial charge in [-0.25, -0.2) is 0 Å². The molecule has 1 aromatic carbocycles. The molecule has 1 aliphatic carbocycles. The minimum absolute atomic E-state index is 0.639. The van der Waals surface area contributed by atoms with Crippen molar-refractivity contribution >= 4 is 17.3 Å². The van der Waals surface area contributed by atoms with Gasteiger partial charge in [0.05, 0.1) is 10.7 Å². The molecule has 0 aromatic heterocycles. The Labute approximate surface area is 90.3 Å². The largest absolute Gasteiger partial charge is 0.398 e.